The molecule has 0 bridgehead atoms. The molecule has 0 radical (unpaired) electrons. The monoisotopic (exact) mass is 666 g/mol. The van der Waals surface area contributed by atoms with Crippen LogP contribution in [0.1, 0.15) is 101 Å². The summed E-state index contributed by atoms with van der Waals surface area (Å²) in [7, 11) is 0. The molecule has 5 aliphatic rings. The van der Waals surface area contributed by atoms with Crippen LogP contribution in [0.4, 0.5) is 0 Å². The van der Waals surface area contributed by atoms with Gasteiger partial charge in [0.1, 0.15) is 22.7 Å². The maximum Gasteiger partial charge on any atom is 0.229 e. The second kappa shape index (κ2) is 10.1. The number of aliphatic hydroxyl groups is 2. The van der Waals surface area contributed by atoms with Gasteiger partial charge in [-0.2, -0.15) is 0 Å². The lowest BCUT2D eigenvalue weighted by Gasteiger charge is -2.32. The van der Waals surface area contributed by atoms with Crippen molar-refractivity contribution in [3.05, 3.63) is 139 Å². The number of aliphatic hydroxyl groups excluding tert-OH is 2. The molecule has 0 saturated carbocycles. The minimum Gasteiger partial charge on any atom is -0.504 e. The van der Waals surface area contributed by atoms with Crippen molar-refractivity contribution in [3.63, 3.8) is 0 Å². The summed E-state index contributed by atoms with van der Waals surface area (Å²) in [5, 5.41) is 23.0. The highest BCUT2D eigenvalue weighted by molar-refractivity contribution is 6.41. The highest BCUT2D eigenvalue weighted by atomic mass is 16.5. The molecule has 3 aromatic carbocycles. The van der Waals surface area contributed by atoms with E-state index in [-0.39, 0.29) is 56.0 Å². The van der Waals surface area contributed by atoms with Gasteiger partial charge in [0.05, 0.1) is 11.1 Å². The average molecular weight is 667 g/mol. The molecular formula is C40H26O10. The van der Waals surface area contributed by atoms with Gasteiger partial charge < -0.3 is 19.7 Å². The third-order valence-corrected chi connectivity index (χ3v) is 9.38. The van der Waals surface area contributed by atoms with E-state index in [4.69, 9.17) is 9.47 Å². The molecule has 246 valence electrons. The normalized spacial score (nSPS) is 19.8. The van der Waals surface area contributed by atoms with E-state index in [1.54, 1.807) is 52.0 Å². The molecule has 50 heavy (non-hydrogen) atoms. The Morgan fingerprint density at radius 1 is 0.460 bits per heavy atom. The first-order chi connectivity index (χ1) is 23.6. The fourth-order valence-electron chi connectivity index (χ4n) is 7.05. The average Bonchev–Trinajstić information content (AvgIpc) is 3.07. The smallest absolute Gasteiger partial charge is 0.229 e. The van der Waals surface area contributed by atoms with Crippen LogP contribution in [0.15, 0.2) is 94.5 Å². The summed E-state index contributed by atoms with van der Waals surface area (Å²) >= 11 is 0. The van der Waals surface area contributed by atoms with E-state index in [9.17, 15) is 39.0 Å². The van der Waals surface area contributed by atoms with E-state index >= 15 is 0 Å². The number of carbonyl (C=O) groups is 6. The van der Waals surface area contributed by atoms with E-state index in [1.807, 2.05) is 0 Å². The molecule has 0 amide bonds. The van der Waals surface area contributed by atoms with Gasteiger partial charge in [-0.15, -0.1) is 0 Å². The molecule has 3 aliphatic carbocycles. The summed E-state index contributed by atoms with van der Waals surface area (Å²) in [5.41, 5.74) is -5.21. The zero-order chi connectivity index (χ0) is 35.6. The summed E-state index contributed by atoms with van der Waals surface area (Å²) in [6, 6.07) is 11.2. The Morgan fingerprint density at radius 3 is 1.20 bits per heavy atom. The lowest BCUT2D eigenvalue weighted by Crippen LogP contribution is -2.35. The van der Waals surface area contributed by atoms with Crippen molar-refractivity contribution in [2.75, 3.05) is 0 Å². The zero-order valence-electron chi connectivity index (χ0n) is 27.1. The van der Waals surface area contributed by atoms with Crippen molar-refractivity contribution in [3.8, 4) is 11.5 Å². The molecular weight excluding hydrogens is 640 g/mol. The molecule has 8 rings (SSSR count). The highest BCUT2D eigenvalue weighted by Crippen LogP contribution is 2.45. The van der Waals surface area contributed by atoms with Crippen LogP contribution in [0, 0.1) is 0 Å². The minimum absolute atomic E-state index is 0.166. The number of benzene rings is 3. The highest BCUT2D eigenvalue weighted by Gasteiger charge is 2.48. The van der Waals surface area contributed by atoms with Gasteiger partial charge in [-0.1, -0.05) is 36.4 Å². The van der Waals surface area contributed by atoms with Gasteiger partial charge in [0.15, 0.2) is 34.7 Å². The number of carbonyl (C=O) groups excluding carboxylic acids is 6. The van der Waals surface area contributed by atoms with Gasteiger partial charge in [0, 0.05) is 55.7 Å². The molecule has 10 heteroatoms. The molecule has 2 heterocycles. The van der Waals surface area contributed by atoms with Crippen LogP contribution in [0.25, 0.3) is 12.2 Å². The predicted molar refractivity (Wildman–Crippen MR) is 179 cm³/mol. The first kappa shape index (κ1) is 30.9. The molecule has 3 aromatic rings. The molecule has 0 atom stereocenters. The third-order valence-electron chi connectivity index (χ3n) is 9.38. The van der Waals surface area contributed by atoms with Gasteiger partial charge in [-0.05, 0) is 64.1 Å². The summed E-state index contributed by atoms with van der Waals surface area (Å²) in [6.07, 6.45) is 6.57. The number of Topliss-reactive ketones (excluding diaryl/α,β-unsaturated/α-hetero) is 6. The van der Waals surface area contributed by atoms with Crippen LogP contribution in [-0.2, 0) is 0 Å². The topological polar surface area (TPSA) is 161 Å². The van der Waals surface area contributed by atoms with E-state index in [2.05, 4.69) is 0 Å². The number of hydrogen-bond acceptors (Lipinski definition) is 10. The van der Waals surface area contributed by atoms with Crippen molar-refractivity contribution in [1.82, 2.24) is 0 Å². The molecule has 0 saturated heterocycles. The largest absolute Gasteiger partial charge is 0.504 e. The van der Waals surface area contributed by atoms with E-state index in [0.29, 0.717) is 0 Å². The van der Waals surface area contributed by atoms with Gasteiger partial charge in [0.2, 0.25) is 11.6 Å². The quantitative estimate of drug-likeness (QED) is 0.308. The van der Waals surface area contributed by atoms with Crippen molar-refractivity contribution in [1.29, 1.82) is 0 Å². The van der Waals surface area contributed by atoms with Crippen LogP contribution < -0.4 is 9.47 Å². The second-order valence-corrected chi connectivity index (χ2v) is 13.6. The number of ether oxygens (including phenoxy) is 2. The second-order valence-electron chi connectivity index (χ2n) is 13.6. The lowest BCUT2D eigenvalue weighted by atomic mass is 9.71. The van der Waals surface area contributed by atoms with Gasteiger partial charge in [-0.25, -0.2) is 0 Å². The molecule has 0 unspecified atom stereocenters. The van der Waals surface area contributed by atoms with Crippen LogP contribution in [0.5, 0.6) is 11.5 Å². The predicted octanol–water partition coefficient (Wildman–Crippen LogP) is 6.51. The Labute approximate surface area is 284 Å². The summed E-state index contributed by atoms with van der Waals surface area (Å²) < 4.78 is 11.9. The number of hydrogen-bond donors (Lipinski definition) is 2. The lowest BCUT2D eigenvalue weighted by molar-refractivity contribution is 0.0911. The Kier molecular flexibility index (Phi) is 6.21. The molecule has 0 aromatic heterocycles. The Hall–Kier alpha value is -6.42. The number of rotatable bonds is 2. The first-order valence-electron chi connectivity index (χ1n) is 15.7. The Bertz CT molecular complexity index is 2270. The molecule has 10 nitrogen and oxygen atoms in total. The fraction of sp³-hybridized carbons (Fsp3) is 0.150. The first-order valence-corrected chi connectivity index (χ1v) is 15.7. The summed E-state index contributed by atoms with van der Waals surface area (Å²) in [6.45, 7) is 7.19. The summed E-state index contributed by atoms with van der Waals surface area (Å²) in [4.78, 5) is 85.2. The standard InChI is InChI=1S/C40H26O10/c1-39(2)15-13-19-23(49-39)11-9-21-25(19)35(45)37(47)29(33(21)43)27-28(32(42)18-8-6-5-7-17(18)31(27)41)30-34(44)22-10-12-24-20(14-16-40(3,4)50-24)26(22)36(46)38(30)48/h5-16,47-48H,1-4H3. The zero-order valence-corrected chi connectivity index (χ0v) is 27.1. The molecule has 0 spiro atoms. The molecule has 0 fully saturated rings. The van der Waals surface area contributed by atoms with Crippen LogP contribution in [0.2, 0.25) is 0 Å². The third kappa shape index (κ3) is 4.14. The number of ketones is 6. The van der Waals surface area contributed by atoms with Crippen molar-refractivity contribution in [2.45, 2.75) is 38.9 Å². The Morgan fingerprint density at radius 2 is 0.820 bits per heavy atom. The van der Waals surface area contributed by atoms with E-state index in [1.165, 1.54) is 48.5 Å². The van der Waals surface area contributed by atoms with Crippen LogP contribution in [-0.4, -0.2) is 56.1 Å². The van der Waals surface area contributed by atoms with E-state index in [0.717, 1.165) is 0 Å². The minimum atomic E-state index is -1.14. The number of allylic oxidation sites excluding steroid dienone is 6. The fourth-order valence-corrected chi connectivity index (χ4v) is 7.05. The SMILES string of the molecule is CC1(C)C=Cc2c(ccc3c2C(=O)C(O)=C(C2=C(C4=C(O)C(=O)c5c(ccc6c5C=CC(C)(C)O6)C4=O)C(=O)c4ccccc4C2=O)C3=O)O1. The van der Waals surface area contributed by atoms with E-state index < -0.39 is 79.7 Å². The Balaban J connectivity index is 1.38. The van der Waals surface area contributed by atoms with Crippen molar-refractivity contribution < 1.29 is 48.5 Å². The molecule has 2 aliphatic heterocycles. The molecule has 2 N–H and O–H groups in total. The van der Waals surface area contributed by atoms with Gasteiger partial charge in [-0.3, -0.25) is 28.8 Å². The number of fused-ring (bicyclic) bond motifs is 7. The van der Waals surface area contributed by atoms with Crippen molar-refractivity contribution >= 4 is 46.9 Å². The summed E-state index contributed by atoms with van der Waals surface area (Å²) in [5.74, 6) is -7.68. The van der Waals surface area contributed by atoms with Crippen LogP contribution >= 0.6 is 0 Å². The van der Waals surface area contributed by atoms with Gasteiger partial charge >= 0.3 is 0 Å². The van der Waals surface area contributed by atoms with Crippen molar-refractivity contribution in [2.24, 2.45) is 0 Å². The maximum atomic E-state index is 14.3. The maximum absolute atomic E-state index is 14.3. The van der Waals surface area contributed by atoms with Crippen LogP contribution in [0.3, 0.4) is 0 Å². The van der Waals surface area contributed by atoms with Gasteiger partial charge in [0.25, 0.3) is 0 Å².